The molecule has 1 aromatic carbocycles. The Morgan fingerprint density at radius 1 is 1.35 bits per heavy atom. The van der Waals surface area contributed by atoms with E-state index < -0.39 is 0 Å². The van der Waals surface area contributed by atoms with Crippen LogP contribution in [-0.2, 0) is 0 Å². The Labute approximate surface area is 128 Å². The quantitative estimate of drug-likeness (QED) is 0.798. The van der Waals surface area contributed by atoms with Gasteiger partial charge in [-0.15, -0.1) is 11.8 Å². The molecule has 2 aromatic rings. The first-order valence-corrected chi connectivity index (χ1v) is 7.89. The van der Waals surface area contributed by atoms with Crippen LogP contribution in [0.5, 0.6) is 0 Å². The number of hydrogen-bond donors (Lipinski definition) is 2. The van der Waals surface area contributed by atoms with E-state index in [2.05, 4.69) is 29.4 Å². The third-order valence-corrected chi connectivity index (χ3v) is 4.21. The normalized spacial score (nSPS) is 12.3. The number of benzene rings is 1. The number of thioether (sulfide) groups is 1. The average Bonchev–Trinajstić information content (AvgIpc) is 2.47. The van der Waals surface area contributed by atoms with Gasteiger partial charge in [0.1, 0.15) is 5.82 Å². The van der Waals surface area contributed by atoms with Crippen LogP contribution in [0.2, 0.25) is 5.02 Å². The second-order valence-electron chi connectivity index (χ2n) is 4.36. The highest BCUT2D eigenvalue weighted by molar-refractivity contribution is 7.99. The summed E-state index contributed by atoms with van der Waals surface area (Å²) in [6.07, 6.45) is 1.58. The van der Waals surface area contributed by atoms with Crippen molar-refractivity contribution in [2.24, 2.45) is 0 Å². The number of nitrogens with one attached hydrogen (secondary N) is 1. The number of hydrogen-bond acceptors (Lipinski definition) is 4. The summed E-state index contributed by atoms with van der Waals surface area (Å²) in [7, 11) is 0. The molecule has 5 heteroatoms. The predicted molar refractivity (Wildman–Crippen MR) is 87.2 cm³/mol. The molecule has 3 N–H and O–H groups in total. The molecule has 1 atom stereocenters. The highest BCUT2D eigenvalue weighted by atomic mass is 35.5. The molecule has 1 aromatic heterocycles. The molecule has 1 heterocycles. The van der Waals surface area contributed by atoms with E-state index >= 15 is 0 Å². The van der Waals surface area contributed by atoms with E-state index in [1.807, 2.05) is 24.3 Å². The maximum Gasteiger partial charge on any atom is 0.128 e. The van der Waals surface area contributed by atoms with Gasteiger partial charge in [-0.1, -0.05) is 36.7 Å². The number of rotatable bonds is 6. The highest BCUT2D eigenvalue weighted by Crippen LogP contribution is 2.28. The first-order chi connectivity index (χ1) is 9.70. The number of pyridine rings is 1. The lowest BCUT2D eigenvalue weighted by molar-refractivity contribution is 0.606. The van der Waals surface area contributed by atoms with E-state index in [1.165, 1.54) is 4.90 Å². The summed E-state index contributed by atoms with van der Waals surface area (Å²) in [5.41, 5.74) is 6.93. The van der Waals surface area contributed by atoms with Crippen molar-refractivity contribution in [3.63, 3.8) is 0 Å². The Balaban J connectivity index is 2.12. The Kier molecular flexibility index (Phi) is 5.71. The fourth-order valence-corrected chi connectivity index (χ4v) is 3.12. The van der Waals surface area contributed by atoms with Crippen molar-refractivity contribution in [1.29, 1.82) is 0 Å². The molecular formula is C15H18ClN3S. The molecule has 0 aliphatic rings. The van der Waals surface area contributed by atoms with Crippen LogP contribution in [0.15, 0.2) is 47.5 Å². The molecular weight excluding hydrogens is 290 g/mol. The minimum atomic E-state index is 0.136. The van der Waals surface area contributed by atoms with Gasteiger partial charge in [-0.2, -0.15) is 0 Å². The summed E-state index contributed by atoms with van der Waals surface area (Å²) in [4.78, 5) is 5.37. The molecule has 1 unspecified atom stereocenters. The predicted octanol–water partition coefficient (Wildman–Crippen LogP) is 3.76. The van der Waals surface area contributed by atoms with E-state index in [9.17, 15) is 0 Å². The molecule has 0 saturated carbocycles. The average molecular weight is 308 g/mol. The Bertz CT molecular complexity index is 548. The molecule has 0 aliphatic heterocycles. The van der Waals surface area contributed by atoms with Gasteiger partial charge >= 0.3 is 0 Å². The van der Waals surface area contributed by atoms with Gasteiger partial charge in [0, 0.05) is 28.5 Å². The molecule has 0 aliphatic carbocycles. The minimum absolute atomic E-state index is 0.136. The molecule has 0 amide bonds. The van der Waals surface area contributed by atoms with Gasteiger partial charge in [0.15, 0.2) is 0 Å². The lowest BCUT2D eigenvalue weighted by atomic mass is 10.1. The van der Waals surface area contributed by atoms with E-state index in [0.29, 0.717) is 10.8 Å². The molecule has 0 radical (unpaired) electrons. The van der Waals surface area contributed by atoms with Gasteiger partial charge < -0.3 is 11.1 Å². The van der Waals surface area contributed by atoms with Crippen LogP contribution in [0, 0.1) is 0 Å². The van der Waals surface area contributed by atoms with Crippen molar-refractivity contribution in [2.75, 3.05) is 18.0 Å². The van der Waals surface area contributed by atoms with Crippen molar-refractivity contribution >= 4 is 29.2 Å². The van der Waals surface area contributed by atoms with Gasteiger partial charge in [0.25, 0.3) is 0 Å². The largest absolute Gasteiger partial charge is 0.383 e. The van der Waals surface area contributed by atoms with Crippen LogP contribution in [-0.4, -0.2) is 17.3 Å². The second-order valence-corrected chi connectivity index (χ2v) is 5.89. The lowest BCUT2D eigenvalue weighted by Crippen LogP contribution is -2.24. The minimum Gasteiger partial charge on any atom is -0.383 e. The molecule has 0 bridgehead atoms. The van der Waals surface area contributed by atoms with Crippen LogP contribution in [0.4, 0.5) is 5.82 Å². The Morgan fingerprint density at radius 3 is 2.80 bits per heavy atom. The van der Waals surface area contributed by atoms with Crippen molar-refractivity contribution in [1.82, 2.24) is 10.3 Å². The maximum absolute atomic E-state index is 6.03. The summed E-state index contributed by atoms with van der Waals surface area (Å²) in [6.45, 7) is 2.94. The summed E-state index contributed by atoms with van der Waals surface area (Å²) in [6, 6.07) is 12.3. The van der Waals surface area contributed by atoms with Gasteiger partial charge in [-0.3, -0.25) is 0 Å². The number of aromatic nitrogens is 1. The second kappa shape index (κ2) is 7.53. The maximum atomic E-state index is 6.03. The van der Waals surface area contributed by atoms with E-state index in [4.69, 9.17) is 17.3 Å². The van der Waals surface area contributed by atoms with Gasteiger partial charge in [-0.05, 0) is 24.7 Å². The molecule has 2 rings (SSSR count). The number of anilines is 1. The third kappa shape index (κ3) is 4.13. The summed E-state index contributed by atoms with van der Waals surface area (Å²) < 4.78 is 0. The van der Waals surface area contributed by atoms with Crippen molar-refractivity contribution in [3.05, 3.63) is 53.2 Å². The standard InChI is InChI=1S/C15H18ClN3S/c1-2-18-14(10-20-12-6-4-3-5-7-12)13-8-11(16)9-19-15(13)17/h3-9,14,18H,2,10H2,1H3,(H2,17,19). The number of nitrogen functional groups attached to an aromatic ring is 1. The van der Waals surface area contributed by atoms with Crippen molar-refractivity contribution in [2.45, 2.75) is 17.9 Å². The van der Waals surface area contributed by atoms with Crippen LogP contribution in [0.1, 0.15) is 18.5 Å². The van der Waals surface area contributed by atoms with Crippen molar-refractivity contribution < 1.29 is 0 Å². The van der Waals surface area contributed by atoms with Crippen molar-refractivity contribution in [3.8, 4) is 0 Å². The summed E-state index contributed by atoms with van der Waals surface area (Å²) in [5.74, 6) is 1.42. The third-order valence-electron chi connectivity index (χ3n) is 2.90. The fourth-order valence-electron chi connectivity index (χ4n) is 1.95. The van der Waals surface area contributed by atoms with Crippen LogP contribution >= 0.6 is 23.4 Å². The van der Waals surface area contributed by atoms with E-state index in [-0.39, 0.29) is 6.04 Å². The number of nitrogens with two attached hydrogens (primary N) is 1. The topological polar surface area (TPSA) is 50.9 Å². The molecule has 0 saturated heterocycles. The molecule has 3 nitrogen and oxygen atoms in total. The zero-order valence-electron chi connectivity index (χ0n) is 11.3. The summed E-state index contributed by atoms with van der Waals surface area (Å²) in [5, 5.41) is 4.05. The zero-order valence-corrected chi connectivity index (χ0v) is 12.9. The van der Waals surface area contributed by atoms with Gasteiger partial charge in [0.05, 0.1) is 5.02 Å². The first kappa shape index (κ1) is 15.2. The van der Waals surface area contributed by atoms with E-state index in [0.717, 1.165) is 17.9 Å². The van der Waals surface area contributed by atoms with Crippen LogP contribution in [0.3, 0.4) is 0 Å². The lowest BCUT2D eigenvalue weighted by Gasteiger charge is -2.19. The monoisotopic (exact) mass is 307 g/mol. The Hall–Kier alpha value is -1.23. The van der Waals surface area contributed by atoms with Crippen LogP contribution in [0.25, 0.3) is 0 Å². The highest BCUT2D eigenvalue weighted by Gasteiger charge is 2.15. The Morgan fingerprint density at radius 2 is 2.10 bits per heavy atom. The SMILES string of the molecule is CCNC(CSc1ccccc1)c1cc(Cl)cnc1N. The van der Waals surface area contributed by atoms with Gasteiger partial charge in [0.2, 0.25) is 0 Å². The molecule has 0 fully saturated rings. The van der Waals surface area contributed by atoms with E-state index in [1.54, 1.807) is 18.0 Å². The smallest absolute Gasteiger partial charge is 0.128 e. The number of halogens is 1. The van der Waals surface area contributed by atoms with Gasteiger partial charge in [-0.25, -0.2) is 4.98 Å². The zero-order chi connectivity index (χ0) is 14.4. The number of nitrogens with zero attached hydrogens (tertiary/aromatic N) is 1. The molecule has 106 valence electrons. The first-order valence-electron chi connectivity index (χ1n) is 6.53. The summed E-state index contributed by atoms with van der Waals surface area (Å²) >= 11 is 7.81. The molecule has 0 spiro atoms. The molecule has 20 heavy (non-hydrogen) atoms. The fraction of sp³-hybridized carbons (Fsp3) is 0.267. The van der Waals surface area contributed by atoms with Crippen LogP contribution < -0.4 is 11.1 Å².